The molecule has 114 heavy (non-hydrogen) atoms. The second-order valence-electron chi connectivity index (χ2n) is 42.4. The van der Waals surface area contributed by atoms with E-state index in [1.54, 1.807) is 0 Å². The number of fused-ring (bicyclic) bond motifs is 14. The van der Waals surface area contributed by atoms with E-state index in [1.165, 1.54) is 199 Å². The molecule has 0 atom stereocenters. The number of halogens is 1. The van der Waals surface area contributed by atoms with E-state index in [0.717, 1.165) is 30.7 Å². The maximum absolute atomic E-state index is 2.62. The summed E-state index contributed by atoms with van der Waals surface area (Å²) in [6.45, 7) is 60.3. The van der Waals surface area contributed by atoms with Crippen LogP contribution in [0.5, 0.6) is 0 Å². The Balaban J connectivity index is 0.0000102. The first kappa shape index (κ1) is 79.8. The van der Waals surface area contributed by atoms with Gasteiger partial charge in [0.05, 0.1) is 0 Å². The zero-order chi connectivity index (χ0) is 80.4. The molecule has 0 bridgehead atoms. The Labute approximate surface area is 693 Å². The van der Waals surface area contributed by atoms with Gasteiger partial charge in [0.1, 0.15) is 26.2 Å². The SMILES string of the molecule is CC(C)(C)c1cc(-c2cc(-c3cc(C(C)(C)C)cc(C(C)(C)C)c3)cc(-c3cc4ccccc4c4c3C[N+]3(Cc5ccc6ccccc6c5-c5c(ccc6ccccc56)C3)Cc3c(-c5cc(-c6cc(C(C)(C)C)cc(C(C)(C)C)c6)cc(-c6ccc(C(C)(C)C)cc6C(C)(C)C)c5)cc5ccccc5c3-4)c2)cc(C(C)(C)C)c1.[Br-]. The largest absolute Gasteiger partial charge is 1.00 e. The third-order valence-corrected chi connectivity index (χ3v) is 25.3. The Morgan fingerprint density at radius 2 is 0.474 bits per heavy atom. The summed E-state index contributed by atoms with van der Waals surface area (Å²) in [5.74, 6) is 0. The van der Waals surface area contributed by atoms with Crippen molar-refractivity contribution in [1.82, 2.24) is 0 Å². The second-order valence-corrected chi connectivity index (χ2v) is 42.4. The van der Waals surface area contributed by atoms with Gasteiger partial charge in [0, 0.05) is 33.4 Å². The Hall–Kier alpha value is -9.44. The van der Waals surface area contributed by atoms with Gasteiger partial charge in [-0.05, 0) is 257 Å². The third-order valence-electron chi connectivity index (χ3n) is 25.3. The van der Waals surface area contributed by atoms with Crippen LogP contribution in [-0.2, 0) is 69.5 Å². The smallest absolute Gasteiger partial charge is 0.106 e. The summed E-state index contributed by atoms with van der Waals surface area (Å²) in [5.41, 5.74) is 36.2. The highest BCUT2D eigenvalue weighted by atomic mass is 79.9. The second kappa shape index (κ2) is 28.2. The molecule has 0 saturated heterocycles. The molecule has 2 aliphatic rings. The Bertz CT molecular complexity index is 5900. The van der Waals surface area contributed by atoms with Crippen molar-refractivity contribution in [3.8, 4) is 89.0 Å². The molecule has 2 heterocycles. The minimum absolute atomic E-state index is 0. The molecule has 1 nitrogen and oxygen atoms in total. The predicted octanol–water partition coefficient (Wildman–Crippen LogP) is 28.6. The van der Waals surface area contributed by atoms with Crippen LogP contribution in [0.25, 0.3) is 132 Å². The van der Waals surface area contributed by atoms with E-state index >= 15 is 0 Å². The number of quaternary nitrogens is 1. The van der Waals surface area contributed by atoms with Crippen molar-refractivity contribution in [1.29, 1.82) is 0 Å². The summed E-state index contributed by atoms with van der Waals surface area (Å²) in [6, 6.07) is 98.0. The molecule has 2 heteroatoms. The van der Waals surface area contributed by atoms with E-state index in [2.05, 4.69) is 409 Å². The van der Waals surface area contributed by atoms with Gasteiger partial charge in [-0.3, -0.25) is 0 Å². The van der Waals surface area contributed by atoms with Gasteiger partial charge in [-0.25, -0.2) is 0 Å². The molecular weight excluding hydrogens is 1440 g/mol. The molecule has 0 radical (unpaired) electrons. The zero-order valence-corrected chi connectivity index (χ0v) is 74.3. The van der Waals surface area contributed by atoms with E-state index in [-0.39, 0.29) is 60.3 Å². The fourth-order valence-corrected chi connectivity index (χ4v) is 18.5. The topological polar surface area (TPSA) is 0 Å². The molecule has 0 N–H and O–H groups in total. The summed E-state index contributed by atoms with van der Waals surface area (Å²) in [4.78, 5) is 0. The van der Waals surface area contributed by atoms with Crippen molar-refractivity contribution in [2.24, 2.45) is 0 Å². The number of rotatable bonds is 6. The fraction of sp³-hybridized carbons (Fsp3) is 0.321. The van der Waals surface area contributed by atoms with Crippen LogP contribution in [0.2, 0.25) is 0 Å². The monoisotopic (exact) mass is 1560 g/mol. The fourth-order valence-electron chi connectivity index (χ4n) is 18.5. The van der Waals surface area contributed by atoms with Crippen LogP contribution >= 0.6 is 0 Å². The highest BCUT2D eigenvalue weighted by Gasteiger charge is 2.43. The first-order chi connectivity index (χ1) is 52.9. The normalized spacial score (nSPS) is 14.2. The molecule has 2 aliphatic heterocycles. The average molecular weight is 1560 g/mol. The zero-order valence-electron chi connectivity index (χ0n) is 72.7. The summed E-state index contributed by atoms with van der Waals surface area (Å²) >= 11 is 0. The highest BCUT2D eigenvalue weighted by molar-refractivity contribution is 6.13. The van der Waals surface area contributed by atoms with Crippen molar-refractivity contribution >= 4 is 43.1 Å². The Kier molecular flexibility index (Phi) is 19.7. The Morgan fingerprint density at radius 3 is 0.789 bits per heavy atom. The summed E-state index contributed by atoms with van der Waals surface area (Å²) in [6.07, 6.45) is 0. The number of hydrogen-bond donors (Lipinski definition) is 0. The number of nitrogens with zero attached hydrogens (tertiary/aromatic N) is 1. The molecule has 0 aliphatic carbocycles. The Morgan fingerprint density at radius 1 is 0.202 bits per heavy atom. The summed E-state index contributed by atoms with van der Waals surface area (Å²) < 4.78 is 0.753. The van der Waals surface area contributed by atoms with E-state index < -0.39 is 0 Å². The molecule has 14 aromatic carbocycles. The lowest BCUT2D eigenvalue weighted by molar-refractivity contribution is -0.977. The lowest BCUT2D eigenvalue weighted by Crippen LogP contribution is -3.00. The molecular formula is C112H120BrN. The van der Waals surface area contributed by atoms with Crippen LogP contribution in [0, 0.1) is 0 Å². The quantitative estimate of drug-likeness (QED) is 0.146. The minimum Gasteiger partial charge on any atom is -1.00 e. The van der Waals surface area contributed by atoms with Gasteiger partial charge in [0.25, 0.3) is 0 Å². The van der Waals surface area contributed by atoms with Gasteiger partial charge < -0.3 is 21.5 Å². The molecule has 0 saturated carbocycles. The van der Waals surface area contributed by atoms with Crippen LogP contribution in [-0.4, -0.2) is 4.48 Å². The number of hydrogen-bond acceptors (Lipinski definition) is 0. The first-order valence-corrected chi connectivity index (χ1v) is 41.9. The van der Waals surface area contributed by atoms with Crippen molar-refractivity contribution in [3.63, 3.8) is 0 Å². The van der Waals surface area contributed by atoms with Crippen LogP contribution in [0.4, 0.5) is 0 Å². The molecule has 0 fully saturated rings. The van der Waals surface area contributed by atoms with Gasteiger partial charge >= 0.3 is 0 Å². The lowest BCUT2D eigenvalue weighted by atomic mass is 9.76. The lowest BCUT2D eigenvalue weighted by Gasteiger charge is -2.39. The molecule has 0 aromatic heterocycles. The van der Waals surface area contributed by atoms with E-state index in [0.29, 0.717) is 0 Å². The van der Waals surface area contributed by atoms with Crippen LogP contribution in [0.3, 0.4) is 0 Å². The molecule has 0 amide bonds. The van der Waals surface area contributed by atoms with Crippen LogP contribution < -0.4 is 17.0 Å². The van der Waals surface area contributed by atoms with E-state index in [1.807, 2.05) is 0 Å². The van der Waals surface area contributed by atoms with Crippen LogP contribution in [0.1, 0.15) is 233 Å². The first-order valence-electron chi connectivity index (χ1n) is 41.9. The summed E-state index contributed by atoms with van der Waals surface area (Å²) in [5, 5.41) is 10.2. The molecule has 0 unspecified atom stereocenters. The molecule has 16 rings (SSSR count). The maximum atomic E-state index is 2.62. The van der Waals surface area contributed by atoms with Gasteiger partial charge in [-0.2, -0.15) is 0 Å². The third kappa shape index (κ3) is 15.0. The van der Waals surface area contributed by atoms with Crippen molar-refractivity contribution < 1.29 is 21.5 Å². The summed E-state index contributed by atoms with van der Waals surface area (Å²) in [7, 11) is 0. The number of benzene rings is 14. The molecule has 14 aromatic rings. The minimum atomic E-state index is -0.161. The van der Waals surface area contributed by atoms with Gasteiger partial charge in [-0.1, -0.05) is 360 Å². The van der Waals surface area contributed by atoms with E-state index in [9.17, 15) is 0 Å². The predicted molar refractivity (Wildman–Crippen MR) is 491 cm³/mol. The van der Waals surface area contributed by atoms with Gasteiger partial charge in [-0.15, -0.1) is 0 Å². The van der Waals surface area contributed by atoms with Crippen molar-refractivity contribution in [2.75, 3.05) is 0 Å². The van der Waals surface area contributed by atoms with Gasteiger partial charge in [0.15, 0.2) is 0 Å². The molecule has 1 spiro atoms. The average Bonchev–Trinajstić information content (AvgIpc) is 1.50. The standard InChI is InChI=1S/C112H120N.BrH/c1-105(2,3)84-45-46-91(100(64-84)112(22,23)24)81-48-77(80-57-89(110(16,17)18)63-90(58-80)111(19,20)21)51-83(52-81)97-60-72-36-28-32-40-95(72)104-99(97)68-113(65-73-43-41-69-33-25-29-37-92(69)101(73)102-74(66-113)44-42-70-34-26-30-38-93(70)102)67-98-96(59-71-35-27-31-39-94(71)103(98)104)82-49-75(78-53-85(106(4,5)6)61-86(54-78)107(7,8)9)47-76(50-82)79-55-87(108(10,11)12)62-88(56-79)109(13,14)15;/h25-64H,65-68H2,1-24H3;1H/q+1;/p-1. The van der Waals surface area contributed by atoms with Crippen LogP contribution in [0.15, 0.2) is 243 Å². The maximum Gasteiger partial charge on any atom is 0.106 e. The highest BCUT2D eigenvalue weighted by Crippen LogP contribution is 2.56. The van der Waals surface area contributed by atoms with Gasteiger partial charge in [0.2, 0.25) is 0 Å². The van der Waals surface area contributed by atoms with E-state index in [4.69, 9.17) is 0 Å². The van der Waals surface area contributed by atoms with Crippen molar-refractivity contribution in [3.05, 3.63) is 309 Å². The van der Waals surface area contributed by atoms with Crippen molar-refractivity contribution in [2.45, 2.75) is 236 Å². The molecule has 580 valence electrons.